The molecule has 0 bridgehead atoms. The summed E-state index contributed by atoms with van der Waals surface area (Å²) in [5.41, 5.74) is 1.00. The van der Waals surface area contributed by atoms with E-state index in [4.69, 9.17) is 4.74 Å². The minimum atomic E-state index is 0.339. The number of aromatic nitrogens is 2. The molecular weight excluding hydrogens is 264 g/mol. The number of ether oxygens (including phenoxy) is 1. The van der Waals surface area contributed by atoms with Crippen molar-refractivity contribution in [3.05, 3.63) is 18.1 Å². The van der Waals surface area contributed by atoms with Crippen molar-refractivity contribution in [1.82, 2.24) is 15.3 Å². The zero-order chi connectivity index (χ0) is 14.9. The van der Waals surface area contributed by atoms with Crippen LogP contribution in [0.1, 0.15) is 45.2 Å². The van der Waals surface area contributed by atoms with Gasteiger partial charge in [0, 0.05) is 26.2 Å². The third-order valence-electron chi connectivity index (χ3n) is 3.68. The van der Waals surface area contributed by atoms with Crippen molar-refractivity contribution in [2.75, 3.05) is 31.1 Å². The molecule has 1 saturated heterocycles. The van der Waals surface area contributed by atoms with Gasteiger partial charge in [0.1, 0.15) is 5.82 Å². The normalized spacial score (nSPS) is 19.0. The number of nitrogens with one attached hydrogen (secondary N) is 1. The highest BCUT2D eigenvalue weighted by molar-refractivity contribution is 5.36. The Morgan fingerprint density at radius 1 is 1.29 bits per heavy atom. The van der Waals surface area contributed by atoms with E-state index in [1.54, 1.807) is 0 Å². The van der Waals surface area contributed by atoms with Crippen LogP contribution in [0.5, 0.6) is 0 Å². The summed E-state index contributed by atoms with van der Waals surface area (Å²) in [6, 6.07) is 0. The minimum Gasteiger partial charge on any atom is -0.376 e. The van der Waals surface area contributed by atoms with E-state index in [1.165, 1.54) is 0 Å². The molecule has 118 valence electrons. The van der Waals surface area contributed by atoms with E-state index in [2.05, 4.69) is 34.0 Å². The highest BCUT2D eigenvalue weighted by Gasteiger charge is 2.21. The van der Waals surface area contributed by atoms with Crippen molar-refractivity contribution in [2.24, 2.45) is 0 Å². The SMILES string of the molecule is CCCNCc1cnc(N2CCCC(OCCC)C2)cn1. The van der Waals surface area contributed by atoms with E-state index in [-0.39, 0.29) is 0 Å². The van der Waals surface area contributed by atoms with Crippen LogP contribution in [0.25, 0.3) is 0 Å². The molecule has 0 aromatic carbocycles. The fourth-order valence-corrected chi connectivity index (χ4v) is 2.56. The molecular formula is C16H28N4O. The largest absolute Gasteiger partial charge is 0.376 e. The van der Waals surface area contributed by atoms with E-state index >= 15 is 0 Å². The van der Waals surface area contributed by atoms with E-state index in [0.29, 0.717) is 6.10 Å². The molecule has 1 aliphatic heterocycles. The molecule has 1 N–H and O–H groups in total. The van der Waals surface area contributed by atoms with E-state index < -0.39 is 0 Å². The van der Waals surface area contributed by atoms with Crippen LogP contribution in [0.3, 0.4) is 0 Å². The van der Waals surface area contributed by atoms with Crippen LogP contribution in [0.2, 0.25) is 0 Å². The number of anilines is 1. The Bertz CT molecular complexity index is 396. The van der Waals surface area contributed by atoms with Gasteiger partial charge >= 0.3 is 0 Å². The van der Waals surface area contributed by atoms with E-state index in [0.717, 1.165) is 70.0 Å². The summed E-state index contributed by atoms with van der Waals surface area (Å²) in [5, 5.41) is 3.34. The number of hydrogen-bond donors (Lipinski definition) is 1. The summed E-state index contributed by atoms with van der Waals surface area (Å²) in [7, 11) is 0. The summed E-state index contributed by atoms with van der Waals surface area (Å²) in [6.45, 7) is 8.96. The van der Waals surface area contributed by atoms with Crippen molar-refractivity contribution in [2.45, 2.75) is 52.2 Å². The summed E-state index contributed by atoms with van der Waals surface area (Å²) in [5.74, 6) is 0.971. The summed E-state index contributed by atoms with van der Waals surface area (Å²) >= 11 is 0. The molecule has 1 fully saturated rings. The number of piperidine rings is 1. The maximum absolute atomic E-state index is 5.87. The topological polar surface area (TPSA) is 50.3 Å². The average Bonchev–Trinajstić information content (AvgIpc) is 2.54. The average molecular weight is 292 g/mol. The Hall–Kier alpha value is -1.20. The molecule has 0 saturated carbocycles. The highest BCUT2D eigenvalue weighted by Crippen LogP contribution is 2.19. The Balaban J connectivity index is 1.85. The van der Waals surface area contributed by atoms with Gasteiger partial charge in [0.05, 0.1) is 24.2 Å². The van der Waals surface area contributed by atoms with Crippen LogP contribution in [0.4, 0.5) is 5.82 Å². The van der Waals surface area contributed by atoms with Crippen LogP contribution >= 0.6 is 0 Å². The third kappa shape index (κ3) is 5.25. The number of nitrogens with zero attached hydrogens (tertiary/aromatic N) is 3. The molecule has 0 aliphatic carbocycles. The monoisotopic (exact) mass is 292 g/mol. The van der Waals surface area contributed by atoms with Gasteiger partial charge in [-0.05, 0) is 32.2 Å². The number of hydrogen-bond acceptors (Lipinski definition) is 5. The Kier molecular flexibility index (Phi) is 6.89. The van der Waals surface area contributed by atoms with Gasteiger partial charge in [-0.25, -0.2) is 4.98 Å². The zero-order valence-electron chi connectivity index (χ0n) is 13.3. The fraction of sp³-hybridized carbons (Fsp3) is 0.750. The lowest BCUT2D eigenvalue weighted by Gasteiger charge is -2.33. The predicted molar refractivity (Wildman–Crippen MR) is 85.5 cm³/mol. The van der Waals surface area contributed by atoms with Gasteiger partial charge in [-0.3, -0.25) is 4.98 Å². The Morgan fingerprint density at radius 2 is 2.19 bits per heavy atom. The highest BCUT2D eigenvalue weighted by atomic mass is 16.5. The lowest BCUT2D eigenvalue weighted by atomic mass is 10.1. The Morgan fingerprint density at radius 3 is 2.90 bits per heavy atom. The second kappa shape index (κ2) is 8.95. The molecule has 2 heterocycles. The fourth-order valence-electron chi connectivity index (χ4n) is 2.56. The molecule has 1 aliphatic rings. The standard InChI is InChI=1S/C16H28N4O/c1-3-7-17-10-14-11-19-16(12-18-14)20-8-5-6-15(13-20)21-9-4-2/h11-12,15,17H,3-10,13H2,1-2H3. The van der Waals surface area contributed by atoms with Gasteiger partial charge in [0.15, 0.2) is 0 Å². The quantitative estimate of drug-likeness (QED) is 0.746. The zero-order valence-corrected chi connectivity index (χ0v) is 13.3. The van der Waals surface area contributed by atoms with Crippen LogP contribution < -0.4 is 10.2 Å². The van der Waals surface area contributed by atoms with Crippen LogP contribution in [0.15, 0.2) is 12.4 Å². The summed E-state index contributed by atoms with van der Waals surface area (Å²) < 4.78 is 5.87. The first-order valence-corrected chi connectivity index (χ1v) is 8.21. The van der Waals surface area contributed by atoms with Crippen LogP contribution in [-0.4, -0.2) is 42.3 Å². The molecule has 2 rings (SSSR count). The van der Waals surface area contributed by atoms with Gasteiger partial charge in [-0.2, -0.15) is 0 Å². The third-order valence-corrected chi connectivity index (χ3v) is 3.68. The minimum absolute atomic E-state index is 0.339. The van der Waals surface area contributed by atoms with Crippen molar-refractivity contribution in [1.29, 1.82) is 0 Å². The molecule has 1 unspecified atom stereocenters. The van der Waals surface area contributed by atoms with Gasteiger partial charge in [-0.15, -0.1) is 0 Å². The van der Waals surface area contributed by atoms with Crippen LogP contribution in [0, 0.1) is 0 Å². The van der Waals surface area contributed by atoms with Gasteiger partial charge in [0.25, 0.3) is 0 Å². The molecule has 21 heavy (non-hydrogen) atoms. The van der Waals surface area contributed by atoms with E-state index in [1.807, 2.05) is 12.4 Å². The van der Waals surface area contributed by atoms with Crippen molar-refractivity contribution < 1.29 is 4.74 Å². The Labute approximate surface area is 128 Å². The summed E-state index contributed by atoms with van der Waals surface area (Å²) in [4.78, 5) is 11.4. The van der Waals surface area contributed by atoms with Gasteiger partial charge in [-0.1, -0.05) is 13.8 Å². The maximum atomic E-state index is 5.87. The predicted octanol–water partition coefficient (Wildman–Crippen LogP) is 2.37. The lowest BCUT2D eigenvalue weighted by molar-refractivity contribution is 0.0439. The second-order valence-corrected chi connectivity index (χ2v) is 5.62. The van der Waals surface area contributed by atoms with Crippen molar-refractivity contribution in [3.8, 4) is 0 Å². The molecule has 1 aromatic rings. The lowest BCUT2D eigenvalue weighted by Crippen LogP contribution is -2.40. The van der Waals surface area contributed by atoms with Gasteiger partial charge < -0.3 is 15.0 Å². The molecule has 0 amide bonds. The van der Waals surface area contributed by atoms with E-state index in [9.17, 15) is 0 Å². The smallest absolute Gasteiger partial charge is 0.147 e. The van der Waals surface area contributed by atoms with Crippen molar-refractivity contribution >= 4 is 5.82 Å². The van der Waals surface area contributed by atoms with Crippen LogP contribution in [-0.2, 0) is 11.3 Å². The first kappa shape index (κ1) is 16.2. The maximum Gasteiger partial charge on any atom is 0.147 e. The van der Waals surface area contributed by atoms with Crippen molar-refractivity contribution in [3.63, 3.8) is 0 Å². The molecule has 0 spiro atoms. The molecule has 1 aromatic heterocycles. The summed E-state index contributed by atoms with van der Waals surface area (Å²) in [6.07, 6.45) is 8.65. The molecule has 1 atom stereocenters. The first-order valence-electron chi connectivity index (χ1n) is 8.21. The first-order chi connectivity index (χ1) is 10.3. The second-order valence-electron chi connectivity index (χ2n) is 5.62. The molecule has 5 nitrogen and oxygen atoms in total. The molecule has 0 radical (unpaired) electrons. The molecule has 5 heteroatoms. The number of rotatable bonds is 8. The van der Waals surface area contributed by atoms with Gasteiger partial charge in [0.2, 0.25) is 0 Å².